The van der Waals surface area contributed by atoms with Crippen LogP contribution in [0.15, 0.2) is 18.5 Å². The molecule has 0 saturated carbocycles. The highest BCUT2D eigenvalue weighted by molar-refractivity contribution is 5.41. The second-order valence-corrected chi connectivity index (χ2v) is 7.97. The molecule has 0 bridgehead atoms. The monoisotopic (exact) mass is 377 g/mol. The number of anilines is 2. The summed E-state index contributed by atoms with van der Waals surface area (Å²) in [5.41, 5.74) is 1.82. The molecule has 2 saturated heterocycles. The van der Waals surface area contributed by atoms with Gasteiger partial charge in [0.05, 0.1) is 18.1 Å². The van der Waals surface area contributed by atoms with Crippen LogP contribution in [0, 0.1) is 37.0 Å². The maximum atomic E-state index is 9.11. The molecule has 4 heterocycles. The molecule has 0 aromatic carbocycles. The molecule has 146 valence electrons. The van der Waals surface area contributed by atoms with Crippen molar-refractivity contribution >= 4 is 11.6 Å². The number of aromatic nitrogens is 4. The minimum Gasteiger partial charge on any atom is -0.356 e. The molecular weight excluding hydrogens is 350 g/mol. The topological polar surface area (TPSA) is 81.8 Å². The summed E-state index contributed by atoms with van der Waals surface area (Å²) in [5, 5.41) is 9.11. The Morgan fingerprint density at radius 3 is 1.96 bits per heavy atom. The van der Waals surface area contributed by atoms with Crippen molar-refractivity contribution in [2.24, 2.45) is 11.8 Å². The largest absolute Gasteiger partial charge is 0.356 e. The number of rotatable bonds is 3. The molecule has 0 N–H and O–H groups in total. The Kier molecular flexibility index (Phi) is 5.38. The molecule has 0 atom stereocenters. The fraction of sp³-hybridized carbons (Fsp3) is 0.571. The summed E-state index contributed by atoms with van der Waals surface area (Å²) in [7, 11) is 0. The molecule has 0 spiro atoms. The van der Waals surface area contributed by atoms with E-state index in [-0.39, 0.29) is 5.82 Å². The van der Waals surface area contributed by atoms with Crippen LogP contribution in [0.3, 0.4) is 0 Å². The van der Waals surface area contributed by atoms with Crippen molar-refractivity contribution in [3.8, 4) is 6.07 Å². The highest BCUT2D eigenvalue weighted by atomic mass is 15.2. The zero-order chi connectivity index (χ0) is 19.5. The van der Waals surface area contributed by atoms with Crippen LogP contribution in [0.4, 0.5) is 11.6 Å². The van der Waals surface area contributed by atoms with Crippen LogP contribution in [0.2, 0.25) is 0 Å². The van der Waals surface area contributed by atoms with Gasteiger partial charge in [0.1, 0.15) is 17.7 Å². The second-order valence-electron chi connectivity index (χ2n) is 7.97. The minimum absolute atomic E-state index is 0.267. The lowest BCUT2D eigenvalue weighted by molar-refractivity contribution is 0.232. The minimum atomic E-state index is 0.267. The van der Waals surface area contributed by atoms with E-state index in [9.17, 15) is 0 Å². The van der Waals surface area contributed by atoms with Crippen LogP contribution in [0.25, 0.3) is 0 Å². The summed E-state index contributed by atoms with van der Waals surface area (Å²) < 4.78 is 0. The second kappa shape index (κ2) is 8.09. The van der Waals surface area contributed by atoms with Crippen LogP contribution in [0.1, 0.15) is 42.9 Å². The van der Waals surface area contributed by atoms with Crippen LogP contribution in [-0.4, -0.2) is 46.1 Å². The molecule has 0 unspecified atom stereocenters. The van der Waals surface area contributed by atoms with Crippen LogP contribution in [0.5, 0.6) is 0 Å². The number of piperidine rings is 2. The van der Waals surface area contributed by atoms with Crippen molar-refractivity contribution in [2.75, 3.05) is 36.0 Å². The first-order valence-corrected chi connectivity index (χ1v) is 10.2. The van der Waals surface area contributed by atoms with Gasteiger partial charge in [-0.1, -0.05) is 0 Å². The Bertz CT molecular complexity index is 842. The van der Waals surface area contributed by atoms with Gasteiger partial charge in [-0.3, -0.25) is 4.98 Å². The smallest absolute Gasteiger partial charge is 0.234 e. The predicted molar refractivity (Wildman–Crippen MR) is 108 cm³/mol. The van der Waals surface area contributed by atoms with Crippen LogP contribution in [-0.2, 0) is 0 Å². The first-order chi connectivity index (χ1) is 13.6. The SMILES string of the molecule is Cc1cnc(N2CCC(C3CCN(c4cc(C)nc(C#N)n4)CC3)CC2)cn1. The van der Waals surface area contributed by atoms with Crippen LogP contribution < -0.4 is 9.80 Å². The highest BCUT2D eigenvalue weighted by Crippen LogP contribution is 2.34. The Morgan fingerprint density at radius 2 is 1.43 bits per heavy atom. The number of hydrogen-bond donors (Lipinski definition) is 0. The predicted octanol–water partition coefficient (Wildman–Crippen LogP) is 2.89. The molecule has 7 heteroatoms. The molecule has 0 aliphatic carbocycles. The average Bonchev–Trinajstić information content (AvgIpc) is 2.74. The molecule has 4 rings (SSSR count). The first-order valence-electron chi connectivity index (χ1n) is 10.2. The standard InChI is InChI=1S/C21H27N7/c1-15-11-20(26-19(12-22)25-15)27-7-3-17(4-8-27)18-5-9-28(10-6-18)21-14-23-16(2)13-24-21/h11,13-14,17-18H,3-10H2,1-2H3. The molecule has 28 heavy (non-hydrogen) atoms. The summed E-state index contributed by atoms with van der Waals surface area (Å²) in [6, 6.07) is 4.05. The third-order valence-electron chi connectivity index (χ3n) is 6.10. The van der Waals surface area contributed by atoms with Gasteiger partial charge in [0.2, 0.25) is 5.82 Å². The van der Waals surface area contributed by atoms with Gasteiger partial charge < -0.3 is 9.80 Å². The first kappa shape index (κ1) is 18.6. The summed E-state index contributed by atoms with van der Waals surface area (Å²) in [6.07, 6.45) is 8.59. The third-order valence-corrected chi connectivity index (χ3v) is 6.10. The number of aryl methyl sites for hydroxylation is 2. The van der Waals surface area contributed by atoms with Gasteiger partial charge in [-0.2, -0.15) is 5.26 Å². The zero-order valence-corrected chi connectivity index (χ0v) is 16.7. The molecule has 7 nitrogen and oxygen atoms in total. The number of nitriles is 1. The van der Waals surface area contributed by atoms with Crippen molar-refractivity contribution in [1.82, 2.24) is 19.9 Å². The lowest BCUT2D eigenvalue weighted by atomic mass is 9.79. The van der Waals surface area contributed by atoms with Gasteiger partial charge in [0, 0.05) is 37.9 Å². The molecule has 2 aliphatic heterocycles. The maximum absolute atomic E-state index is 9.11. The molecule has 0 amide bonds. The van der Waals surface area contributed by atoms with E-state index in [4.69, 9.17) is 5.26 Å². The molecule has 2 fully saturated rings. The van der Waals surface area contributed by atoms with E-state index in [1.54, 1.807) is 0 Å². The average molecular weight is 377 g/mol. The van der Waals surface area contributed by atoms with Gasteiger partial charge in [0.15, 0.2) is 0 Å². The van der Waals surface area contributed by atoms with E-state index in [1.165, 1.54) is 25.7 Å². The van der Waals surface area contributed by atoms with Crippen molar-refractivity contribution in [3.05, 3.63) is 35.7 Å². The van der Waals surface area contributed by atoms with Crippen molar-refractivity contribution in [2.45, 2.75) is 39.5 Å². The third kappa shape index (κ3) is 4.06. The fourth-order valence-corrected chi connectivity index (χ4v) is 4.51. The molecule has 2 aromatic rings. The highest BCUT2D eigenvalue weighted by Gasteiger charge is 2.30. The van der Waals surface area contributed by atoms with Crippen molar-refractivity contribution in [1.29, 1.82) is 5.26 Å². The fourth-order valence-electron chi connectivity index (χ4n) is 4.51. The Hall–Kier alpha value is -2.75. The molecule has 2 aromatic heterocycles. The van der Waals surface area contributed by atoms with E-state index >= 15 is 0 Å². The Balaban J connectivity index is 1.31. The van der Waals surface area contributed by atoms with Gasteiger partial charge in [-0.05, 0) is 51.4 Å². The van der Waals surface area contributed by atoms with Crippen molar-refractivity contribution < 1.29 is 0 Å². The van der Waals surface area contributed by atoms with E-state index < -0.39 is 0 Å². The molecule has 0 radical (unpaired) electrons. The van der Waals surface area contributed by atoms with Crippen molar-refractivity contribution in [3.63, 3.8) is 0 Å². The van der Waals surface area contributed by atoms with E-state index in [2.05, 4.69) is 35.8 Å². The van der Waals surface area contributed by atoms with E-state index in [1.807, 2.05) is 32.3 Å². The summed E-state index contributed by atoms with van der Waals surface area (Å²) >= 11 is 0. The molecular formula is C21H27N7. The van der Waals surface area contributed by atoms with E-state index in [0.29, 0.717) is 0 Å². The van der Waals surface area contributed by atoms with Gasteiger partial charge in [0.25, 0.3) is 0 Å². The normalized spacial score (nSPS) is 18.9. The Labute approximate surface area is 166 Å². The number of nitrogens with zero attached hydrogens (tertiary/aromatic N) is 7. The van der Waals surface area contributed by atoms with Gasteiger partial charge in [-0.15, -0.1) is 0 Å². The van der Waals surface area contributed by atoms with Gasteiger partial charge in [-0.25, -0.2) is 15.0 Å². The Morgan fingerprint density at radius 1 is 0.821 bits per heavy atom. The summed E-state index contributed by atoms with van der Waals surface area (Å²) in [6.45, 7) is 8.05. The van der Waals surface area contributed by atoms with E-state index in [0.717, 1.165) is 61.0 Å². The molecule has 2 aliphatic rings. The van der Waals surface area contributed by atoms with Crippen LogP contribution >= 0.6 is 0 Å². The van der Waals surface area contributed by atoms with Gasteiger partial charge >= 0.3 is 0 Å². The number of hydrogen-bond acceptors (Lipinski definition) is 7. The maximum Gasteiger partial charge on any atom is 0.234 e. The zero-order valence-electron chi connectivity index (χ0n) is 16.7. The summed E-state index contributed by atoms with van der Waals surface area (Å²) in [5.74, 6) is 3.74. The summed E-state index contributed by atoms with van der Waals surface area (Å²) in [4.78, 5) is 22.1. The quantitative estimate of drug-likeness (QED) is 0.813. The lowest BCUT2D eigenvalue weighted by Gasteiger charge is -2.40. The lowest BCUT2D eigenvalue weighted by Crippen LogP contribution is -2.41.